The first-order valence-electron chi connectivity index (χ1n) is 6.21. The van der Waals surface area contributed by atoms with Crippen LogP contribution in [-0.4, -0.2) is 47.7 Å². The molecule has 4 nitrogen and oxygen atoms in total. The Balaban J connectivity index is 2.58. The summed E-state index contributed by atoms with van der Waals surface area (Å²) in [6, 6.07) is 0.593. The van der Waals surface area contributed by atoms with Crippen molar-refractivity contribution in [2.24, 2.45) is 5.92 Å². The number of nitrogens with zero attached hydrogens (tertiary/aromatic N) is 1. The number of amides is 1. The van der Waals surface area contributed by atoms with Crippen molar-refractivity contribution in [3.05, 3.63) is 0 Å². The average molecular weight is 228 g/mol. The molecular weight excluding hydrogens is 204 g/mol. The largest absolute Gasteiger partial charge is 0.395 e. The van der Waals surface area contributed by atoms with Gasteiger partial charge in [0.25, 0.3) is 0 Å². The SMILES string of the molecule is CC1CC(C(=O)N(CCO)C(C)C)CCN1. The fraction of sp³-hybridized carbons (Fsp3) is 0.917. The smallest absolute Gasteiger partial charge is 0.226 e. The van der Waals surface area contributed by atoms with Crippen LogP contribution < -0.4 is 5.32 Å². The minimum Gasteiger partial charge on any atom is -0.395 e. The van der Waals surface area contributed by atoms with Crippen molar-refractivity contribution in [3.8, 4) is 0 Å². The number of rotatable bonds is 4. The quantitative estimate of drug-likeness (QED) is 0.741. The minimum atomic E-state index is 0.0461. The standard InChI is InChI=1S/C12H24N2O2/c1-9(2)14(6-7-15)12(16)11-4-5-13-10(3)8-11/h9-11,13,15H,4-8H2,1-3H3. The molecule has 1 aliphatic heterocycles. The zero-order valence-corrected chi connectivity index (χ0v) is 10.6. The molecule has 2 N–H and O–H groups in total. The summed E-state index contributed by atoms with van der Waals surface area (Å²) < 4.78 is 0. The first-order chi connectivity index (χ1) is 7.56. The van der Waals surface area contributed by atoms with Crippen LogP contribution in [0, 0.1) is 5.92 Å². The Hall–Kier alpha value is -0.610. The molecule has 0 aromatic rings. The molecule has 94 valence electrons. The Morgan fingerprint density at radius 2 is 2.25 bits per heavy atom. The molecule has 1 saturated heterocycles. The molecule has 16 heavy (non-hydrogen) atoms. The number of aliphatic hydroxyl groups is 1. The van der Waals surface area contributed by atoms with Gasteiger partial charge in [-0.15, -0.1) is 0 Å². The summed E-state index contributed by atoms with van der Waals surface area (Å²) in [6.07, 6.45) is 1.82. The van der Waals surface area contributed by atoms with Gasteiger partial charge in [0.15, 0.2) is 0 Å². The summed E-state index contributed by atoms with van der Waals surface area (Å²) in [5, 5.41) is 12.3. The van der Waals surface area contributed by atoms with Gasteiger partial charge in [-0.25, -0.2) is 0 Å². The van der Waals surface area contributed by atoms with E-state index in [1.807, 2.05) is 13.8 Å². The van der Waals surface area contributed by atoms with Gasteiger partial charge in [-0.1, -0.05) is 0 Å². The third-order valence-corrected chi connectivity index (χ3v) is 3.22. The summed E-state index contributed by atoms with van der Waals surface area (Å²) in [5.74, 6) is 0.336. The number of hydrogen-bond donors (Lipinski definition) is 2. The lowest BCUT2D eigenvalue weighted by Crippen LogP contribution is -2.47. The van der Waals surface area contributed by atoms with Gasteiger partial charge >= 0.3 is 0 Å². The molecule has 0 aromatic heterocycles. The Kier molecular flexibility index (Phi) is 5.22. The van der Waals surface area contributed by atoms with E-state index >= 15 is 0 Å². The molecule has 2 unspecified atom stereocenters. The third-order valence-electron chi connectivity index (χ3n) is 3.22. The first kappa shape index (κ1) is 13.5. The predicted octanol–water partition coefficient (Wildman–Crippen LogP) is 0.604. The van der Waals surface area contributed by atoms with Crippen LogP contribution in [0.1, 0.15) is 33.6 Å². The number of nitrogens with one attached hydrogen (secondary N) is 1. The molecule has 1 amide bonds. The number of piperidine rings is 1. The molecule has 0 spiro atoms. The summed E-state index contributed by atoms with van der Waals surface area (Å²) in [7, 11) is 0. The minimum absolute atomic E-state index is 0.0461. The molecule has 0 radical (unpaired) electrons. The summed E-state index contributed by atoms with van der Waals surface area (Å²) in [5.41, 5.74) is 0. The van der Waals surface area contributed by atoms with Crippen molar-refractivity contribution >= 4 is 5.91 Å². The second kappa shape index (κ2) is 6.21. The molecule has 1 heterocycles. The second-order valence-corrected chi connectivity index (χ2v) is 4.93. The molecule has 1 aliphatic rings. The van der Waals surface area contributed by atoms with Crippen molar-refractivity contribution < 1.29 is 9.90 Å². The summed E-state index contributed by atoms with van der Waals surface area (Å²) in [4.78, 5) is 14.1. The molecule has 4 heteroatoms. The van der Waals surface area contributed by atoms with Crippen LogP contribution in [-0.2, 0) is 4.79 Å². The molecule has 0 bridgehead atoms. The Morgan fingerprint density at radius 3 is 2.75 bits per heavy atom. The predicted molar refractivity (Wildman–Crippen MR) is 64.1 cm³/mol. The maximum atomic E-state index is 12.3. The van der Waals surface area contributed by atoms with E-state index in [1.165, 1.54) is 0 Å². The highest BCUT2D eigenvalue weighted by molar-refractivity contribution is 5.79. The highest BCUT2D eigenvalue weighted by Gasteiger charge is 2.29. The second-order valence-electron chi connectivity index (χ2n) is 4.93. The lowest BCUT2D eigenvalue weighted by molar-refractivity contribution is -0.139. The Bertz CT molecular complexity index is 231. The van der Waals surface area contributed by atoms with E-state index in [0.717, 1.165) is 19.4 Å². The Labute approximate surface area is 98.0 Å². The van der Waals surface area contributed by atoms with Gasteiger partial charge in [0.1, 0.15) is 0 Å². The van der Waals surface area contributed by atoms with E-state index in [-0.39, 0.29) is 24.5 Å². The summed E-state index contributed by atoms with van der Waals surface area (Å²) >= 11 is 0. The zero-order valence-electron chi connectivity index (χ0n) is 10.6. The zero-order chi connectivity index (χ0) is 12.1. The molecule has 0 aliphatic carbocycles. The van der Waals surface area contributed by atoms with Gasteiger partial charge < -0.3 is 15.3 Å². The summed E-state index contributed by atoms with van der Waals surface area (Å²) in [6.45, 7) is 7.53. The van der Waals surface area contributed by atoms with E-state index in [4.69, 9.17) is 5.11 Å². The van der Waals surface area contributed by atoms with Crippen LogP contribution in [0.5, 0.6) is 0 Å². The van der Waals surface area contributed by atoms with Crippen molar-refractivity contribution in [3.63, 3.8) is 0 Å². The van der Waals surface area contributed by atoms with E-state index in [0.29, 0.717) is 12.6 Å². The van der Waals surface area contributed by atoms with Crippen LogP contribution in [0.25, 0.3) is 0 Å². The first-order valence-corrected chi connectivity index (χ1v) is 6.21. The molecule has 2 atom stereocenters. The van der Waals surface area contributed by atoms with Crippen LogP contribution in [0.3, 0.4) is 0 Å². The van der Waals surface area contributed by atoms with Gasteiger partial charge in [-0.05, 0) is 40.2 Å². The highest BCUT2D eigenvalue weighted by Crippen LogP contribution is 2.19. The van der Waals surface area contributed by atoms with Crippen molar-refractivity contribution in [1.82, 2.24) is 10.2 Å². The van der Waals surface area contributed by atoms with Gasteiger partial charge in [0, 0.05) is 24.5 Å². The molecule has 1 rings (SSSR count). The topological polar surface area (TPSA) is 52.6 Å². The van der Waals surface area contributed by atoms with Crippen LogP contribution in [0.15, 0.2) is 0 Å². The van der Waals surface area contributed by atoms with Gasteiger partial charge in [0.2, 0.25) is 5.91 Å². The monoisotopic (exact) mass is 228 g/mol. The van der Waals surface area contributed by atoms with Crippen molar-refractivity contribution in [2.45, 2.75) is 45.7 Å². The van der Waals surface area contributed by atoms with Crippen LogP contribution in [0.4, 0.5) is 0 Å². The van der Waals surface area contributed by atoms with Gasteiger partial charge in [-0.2, -0.15) is 0 Å². The fourth-order valence-electron chi connectivity index (χ4n) is 2.32. The van der Waals surface area contributed by atoms with E-state index in [1.54, 1.807) is 4.90 Å². The lowest BCUT2D eigenvalue weighted by Gasteiger charge is -2.34. The number of aliphatic hydroxyl groups excluding tert-OH is 1. The Morgan fingerprint density at radius 1 is 1.56 bits per heavy atom. The highest BCUT2D eigenvalue weighted by atomic mass is 16.3. The van der Waals surface area contributed by atoms with Crippen molar-refractivity contribution in [1.29, 1.82) is 0 Å². The molecule has 0 saturated carbocycles. The van der Waals surface area contributed by atoms with Crippen LogP contribution in [0.2, 0.25) is 0 Å². The maximum absolute atomic E-state index is 12.3. The van der Waals surface area contributed by atoms with Crippen molar-refractivity contribution in [2.75, 3.05) is 19.7 Å². The number of hydrogen-bond acceptors (Lipinski definition) is 3. The molecule has 1 fully saturated rings. The maximum Gasteiger partial charge on any atom is 0.226 e. The normalized spacial score (nSPS) is 25.8. The number of carbonyl (C=O) groups excluding carboxylic acids is 1. The van der Waals surface area contributed by atoms with Crippen LogP contribution >= 0.6 is 0 Å². The van der Waals surface area contributed by atoms with E-state index in [2.05, 4.69) is 12.2 Å². The third kappa shape index (κ3) is 3.46. The van der Waals surface area contributed by atoms with Gasteiger partial charge in [0.05, 0.1) is 6.61 Å². The van der Waals surface area contributed by atoms with E-state index in [9.17, 15) is 4.79 Å². The molecular formula is C12H24N2O2. The molecule has 0 aromatic carbocycles. The number of carbonyl (C=O) groups is 1. The lowest BCUT2D eigenvalue weighted by atomic mass is 9.91. The van der Waals surface area contributed by atoms with E-state index < -0.39 is 0 Å². The van der Waals surface area contributed by atoms with Gasteiger partial charge in [-0.3, -0.25) is 4.79 Å². The fourth-order valence-corrected chi connectivity index (χ4v) is 2.32. The average Bonchev–Trinajstić information content (AvgIpc) is 2.24.